The molecule has 1 aromatic carbocycles. The fourth-order valence-corrected chi connectivity index (χ4v) is 2.79. The van der Waals surface area contributed by atoms with Crippen molar-refractivity contribution in [2.75, 3.05) is 19.6 Å². The third-order valence-electron chi connectivity index (χ3n) is 4.15. The summed E-state index contributed by atoms with van der Waals surface area (Å²) in [6.45, 7) is 1.96. The fraction of sp³-hybridized carbons (Fsp3) is 0.438. The Bertz CT molecular complexity index is 692. The largest absolute Gasteiger partial charge is 0.350 e. The van der Waals surface area contributed by atoms with Gasteiger partial charge in [-0.15, -0.1) is 5.10 Å². The minimum Gasteiger partial charge on any atom is -0.350 e. The van der Waals surface area contributed by atoms with E-state index in [2.05, 4.69) is 20.9 Å². The summed E-state index contributed by atoms with van der Waals surface area (Å²) < 4.78 is 28.8. The summed E-state index contributed by atoms with van der Waals surface area (Å²) >= 11 is 0. The van der Waals surface area contributed by atoms with E-state index in [0.29, 0.717) is 0 Å². The Morgan fingerprint density at radius 2 is 2.00 bits per heavy atom. The smallest absolute Gasteiger partial charge is 0.273 e. The van der Waals surface area contributed by atoms with Crippen LogP contribution in [0, 0.1) is 11.6 Å². The summed E-state index contributed by atoms with van der Waals surface area (Å²) in [6, 6.07) is 3.95. The molecule has 0 bridgehead atoms. The molecule has 1 saturated heterocycles. The standard InChI is InChI=1S/C16H19F2N5O/c17-13-2-1-3-14(18)12(13)6-9-20-16(24)15-10-23(22-21-15)11-4-7-19-8-5-11/h1-3,10-11,19H,4-9H2,(H,20,24). The van der Waals surface area contributed by atoms with Crippen molar-refractivity contribution in [2.24, 2.45) is 0 Å². The SMILES string of the molecule is O=C(NCCc1c(F)cccc1F)c1cn(C2CCNCC2)nn1. The molecule has 6 nitrogen and oxygen atoms in total. The van der Waals surface area contributed by atoms with Gasteiger partial charge in [0.1, 0.15) is 11.6 Å². The normalized spacial score (nSPS) is 15.4. The lowest BCUT2D eigenvalue weighted by molar-refractivity contribution is 0.0948. The first-order valence-corrected chi connectivity index (χ1v) is 7.99. The Labute approximate surface area is 138 Å². The zero-order valence-corrected chi connectivity index (χ0v) is 13.1. The third kappa shape index (κ3) is 3.76. The molecule has 2 N–H and O–H groups in total. The molecule has 1 amide bonds. The van der Waals surface area contributed by atoms with Crippen LogP contribution in [0.15, 0.2) is 24.4 Å². The van der Waals surface area contributed by atoms with Crippen LogP contribution >= 0.6 is 0 Å². The van der Waals surface area contributed by atoms with E-state index in [0.717, 1.165) is 25.9 Å². The number of carbonyl (C=O) groups excluding carboxylic acids is 1. The number of hydrogen-bond acceptors (Lipinski definition) is 4. The molecule has 3 rings (SSSR count). The lowest BCUT2D eigenvalue weighted by Crippen LogP contribution is -2.29. The zero-order valence-electron chi connectivity index (χ0n) is 13.1. The van der Waals surface area contributed by atoms with Crippen LogP contribution < -0.4 is 10.6 Å². The lowest BCUT2D eigenvalue weighted by atomic mass is 10.1. The lowest BCUT2D eigenvalue weighted by Gasteiger charge is -2.22. The monoisotopic (exact) mass is 335 g/mol. The Morgan fingerprint density at radius 3 is 2.71 bits per heavy atom. The van der Waals surface area contributed by atoms with E-state index in [1.807, 2.05) is 0 Å². The highest BCUT2D eigenvalue weighted by Gasteiger charge is 2.18. The molecule has 0 saturated carbocycles. The van der Waals surface area contributed by atoms with Gasteiger partial charge in [-0.1, -0.05) is 11.3 Å². The molecule has 0 radical (unpaired) electrons. The molecule has 1 fully saturated rings. The van der Waals surface area contributed by atoms with Gasteiger partial charge in [0.05, 0.1) is 12.2 Å². The van der Waals surface area contributed by atoms with Crippen LogP contribution in [0.4, 0.5) is 8.78 Å². The molecule has 0 aliphatic carbocycles. The topological polar surface area (TPSA) is 71.8 Å². The van der Waals surface area contributed by atoms with Crippen molar-refractivity contribution in [3.8, 4) is 0 Å². The second kappa shape index (κ2) is 7.48. The van der Waals surface area contributed by atoms with E-state index >= 15 is 0 Å². The van der Waals surface area contributed by atoms with Gasteiger partial charge in [-0.25, -0.2) is 13.5 Å². The van der Waals surface area contributed by atoms with Crippen LogP contribution in [0.1, 0.15) is 34.9 Å². The molecular formula is C16H19F2N5O. The first-order valence-electron chi connectivity index (χ1n) is 7.99. The van der Waals surface area contributed by atoms with E-state index in [4.69, 9.17) is 0 Å². The van der Waals surface area contributed by atoms with E-state index in [9.17, 15) is 13.6 Å². The minimum absolute atomic E-state index is 0.0313. The first kappa shape index (κ1) is 16.5. The van der Waals surface area contributed by atoms with Crippen LogP contribution in [0.3, 0.4) is 0 Å². The summed E-state index contributed by atoms with van der Waals surface area (Å²) in [5.74, 6) is -1.62. The van der Waals surface area contributed by atoms with Crippen molar-refractivity contribution < 1.29 is 13.6 Å². The predicted octanol–water partition coefficient (Wildman–Crippen LogP) is 1.45. The third-order valence-corrected chi connectivity index (χ3v) is 4.15. The number of halogens is 2. The second-order valence-corrected chi connectivity index (χ2v) is 5.77. The summed E-state index contributed by atoms with van der Waals surface area (Å²) in [6.07, 6.45) is 3.58. The van der Waals surface area contributed by atoms with E-state index in [1.165, 1.54) is 18.2 Å². The average molecular weight is 335 g/mol. The summed E-state index contributed by atoms with van der Waals surface area (Å²) in [7, 11) is 0. The van der Waals surface area contributed by atoms with Gasteiger partial charge in [-0.2, -0.15) is 0 Å². The molecule has 2 aromatic rings. The number of amides is 1. The molecule has 1 aliphatic heterocycles. The molecule has 0 spiro atoms. The van der Waals surface area contributed by atoms with Gasteiger partial charge in [0.2, 0.25) is 0 Å². The number of nitrogens with one attached hydrogen (secondary N) is 2. The molecule has 0 unspecified atom stereocenters. The molecule has 0 atom stereocenters. The second-order valence-electron chi connectivity index (χ2n) is 5.77. The summed E-state index contributed by atoms with van der Waals surface area (Å²) in [4.78, 5) is 12.1. The highest BCUT2D eigenvalue weighted by molar-refractivity contribution is 5.91. The number of aromatic nitrogens is 3. The Morgan fingerprint density at radius 1 is 1.29 bits per heavy atom. The van der Waals surface area contributed by atoms with Gasteiger partial charge in [0, 0.05) is 12.1 Å². The molecule has 1 aromatic heterocycles. The number of piperidine rings is 1. The fourth-order valence-electron chi connectivity index (χ4n) is 2.79. The predicted molar refractivity (Wildman–Crippen MR) is 83.6 cm³/mol. The Balaban J connectivity index is 1.54. The van der Waals surface area contributed by atoms with Crippen LogP contribution in [0.2, 0.25) is 0 Å². The number of nitrogens with zero attached hydrogens (tertiary/aromatic N) is 3. The van der Waals surface area contributed by atoms with Gasteiger partial charge in [0.15, 0.2) is 5.69 Å². The van der Waals surface area contributed by atoms with Crippen LogP contribution in [0.25, 0.3) is 0 Å². The Kier molecular flexibility index (Phi) is 5.14. The van der Waals surface area contributed by atoms with Crippen molar-refractivity contribution in [1.29, 1.82) is 0 Å². The van der Waals surface area contributed by atoms with Crippen LogP contribution in [-0.2, 0) is 6.42 Å². The maximum atomic E-state index is 13.5. The van der Waals surface area contributed by atoms with Gasteiger partial charge >= 0.3 is 0 Å². The number of hydrogen-bond donors (Lipinski definition) is 2. The van der Waals surface area contributed by atoms with Crippen molar-refractivity contribution in [1.82, 2.24) is 25.6 Å². The van der Waals surface area contributed by atoms with Gasteiger partial charge < -0.3 is 10.6 Å². The van der Waals surface area contributed by atoms with Gasteiger partial charge in [0.25, 0.3) is 5.91 Å². The number of benzene rings is 1. The quantitative estimate of drug-likeness (QED) is 0.868. The Hall–Kier alpha value is -2.35. The van der Waals surface area contributed by atoms with E-state index in [-0.39, 0.29) is 30.3 Å². The van der Waals surface area contributed by atoms with Crippen molar-refractivity contribution >= 4 is 5.91 Å². The molecule has 24 heavy (non-hydrogen) atoms. The van der Waals surface area contributed by atoms with E-state index < -0.39 is 17.5 Å². The average Bonchev–Trinajstić information content (AvgIpc) is 3.08. The van der Waals surface area contributed by atoms with Crippen molar-refractivity contribution in [2.45, 2.75) is 25.3 Å². The van der Waals surface area contributed by atoms with Crippen LogP contribution in [-0.4, -0.2) is 40.5 Å². The molecule has 2 heterocycles. The zero-order chi connectivity index (χ0) is 16.9. The molecule has 8 heteroatoms. The van der Waals surface area contributed by atoms with Crippen molar-refractivity contribution in [3.63, 3.8) is 0 Å². The maximum absolute atomic E-state index is 13.5. The molecule has 128 valence electrons. The first-order chi connectivity index (χ1) is 11.6. The maximum Gasteiger partial charge on any atom is 0.273 e. The van der Waals surface area contributed by atoms with Gasteiger partial charge in [-0.3, -0.25) is 4.79 Å². The summed E-state index contributed by atoms with van der Waals surface area (Å²) in [5, 5.41) is 13.8. The van der Waals surface area contributed by atoms with Crippen molar-refractivity contribution in [3.05, 3.63) is 47.3 Å². The minimum atomic E-state index is -0.610. The highest BCUT2D eigenvalue weighted by Crippen LogP contribution is 2.17. The summed E-state index contributed by atoms with van der Waals surface area (Å²) in [5.41, 5.74) is 0.179. The van der Waals surface area contributed by atoms with E-state index in [1.54, 1.807) is 10.9 Å². The number of carbonyl (C=O) groups is 1. The number of rotatable bonds is 5. The van der Waals surface area contributed by atoms with Gasteiger partial charge in [-0.05, 0) is 44.5 Å². The highest BCUT2D eigenvalue weighted by atomic mass is 19.1. The van der Waals surface area contributed by atoms with Crippen LogP contribution in [0.5, 0.6) is 0 Å². The molecule has 1 aliphatic rings. The molecular weight excluding hydrogens is 316 g/mol.